The summed E-state index contributed by atoms with van der Waals surface area (Å²) in [6.45, 7) is 7.98. The molecule has 132 valence electrons. The van der Waals surface area contributed by atoms with Gasteiger partial charge in [-0.3, -0.25) is 4.99 Å². The lowest BCUT2D eigenvalue weighted by Gasteiger charge is -2.25. The largest absolute Gasteiger partial charge is 0.357 e. The van der Waals surface area contributed by atoms with Gasteiger partial charge in [0.1, 0.15) is 0 Å². The van der Waals surface area contributed by atoms with Crippen molar-refractivity contribution >= 4 is 39.8 Å². The van der Waals surface area contributed by atoms with E-state index in [0.717, 1.165) is 19.0 Å². The summed E-state index contributed by atoms with van der Waals surface area (Å²) in [6.07, 6.45) is 6.30. The highest BCUT2D eigenvalue weighted by molar-refractivity contribution is 14.0. The maximum absolute atomic E-state index is 11.5. The predicted octanol–water partition coefficient (Wildman–Crippen LogP) is 2.56. The Kier molecular flexibility index (Phi) is 10.6. The third kappa shape index (κ3) is 7.48. The molecule has 0 atom stereocenters. The van der Waals surface area contributed by atoms with E-state index < -0.39 is 9.84 Å². The zero-order valence-corrected chi connectivity index (χ0v) is 17.3. The molecule has 2 N–H and O–H groups in total. The Morgan fingerprint density at radius 3 is 2.27 bits per heavy atom. The number of aliphatic imine (C=N–C) groups is 1. The highest BCUT2D eigenvalue weighted by atomic mass is 127. The number of hydrogen-bond donors (Lipinski definition) is 2. The number of nitrogens with zero attached hydrogens (tertiary/aromatic N) is 1. The van der Waals surface area contributed by atoms with Gasteiger partial charge in [0, 0.05) is 25.4 Å². The quantitative estimate of drug-likeness (QED) is 0.342. The molecule has 0 radical (unpaired) electrons. The van der Waals surface area contributed by atoms with Crippen LogP contribution in [0.4, 0.5) is 0 Å². The number of nitrogens with one attached hydrogen (secondary N) is 2. The first kappa shape index (κ1) is 21.9. The third-order valence-electron chi connectivity index (χ3n) is 4.48. The van der Waals surface area contributed by atoms with Gasteiger partial charge in [0.2, 0.25) is 0 Å². The summed E-state index contributed by atoms with van der Waals surface area (Å²) in [5, 5.41) is 6.33. The Bertz CT molecular complexity index is 432. The van der Waals surface area contributed by atoms with Crippen LogP contribution in [0.3, 0.4) is 0 Å². The van der Waals surface area contributed by atoms with Gasteiger partial charge in [0.05, 0.1) is 5.75 Å². The van der Waals surface area contributed by atoms with Crippen LogP contribution in [-0.4, -0.2) is 45.5 Å². The van der Waals surface area contributed by atoms with E-state index in [1.807, 2.05) is 6.92 Å². The standard InChI is InChI=1S/C15H31N3O2S.HI/c1-4-15(9-7-8-10-15)13-18-14(16-5-2)17-11-12-21(19,20)6-3;/h4-13H2,1-3H3,(H2,16,17,18);1H. The van der Waals surface area contributed by atoms with Crippen molar-refractivity contribution in [3.05, 3.63) is 0 Å². The van der Waals surface area contributed by atoms with Crippen molar-refractivity contribution in [2.75, 3.05) is 31.1 Å². The van der Waals surface area contributed by atoms with Gasteiger partial charge in [-0.05, 0) is 31.6 Å². The van der Waals surface area contributed by atoms with Gasteiger partial charge in [0.15, 0.2) is 15.8 Å². The number of hydrogen-bond acceptors (Lipinski definition) is 3. The molecule has 22 heavy (non-hydrogen) atoms. The first-order valence-electron chi connectivity index (χ1n) is 8.19. The van der Waals surface area contributed by atoms with Gasteiger partial charge in [-0.2, -0.15) is 0 Å². The first-order chi connectivity index (χ1) is 9.97. The van der Waals surface area contributed by atoms with E-state index >= 15 is 0 Å². The molecule has 0 aromatic carbocycles. The summed E-state index contributed by atoms with van der Waals surface area (Å²) in [6, 6.07) is 0. The van der Waals surface area contributed by atoms with Crippen LogP contribution in [0.15, 0.2) is 4.99 Å². The predicted molar refractivity (Wildman–Crippen MR) is 105 cm³/mol. The van der Waals surface area contributed by atoms with Gasteiger partial charge >= 0.3 is 0 Å². The van der Waals surface area contributed by atoms with Crippen LogP contribution in [0.5, 0.6) is 0 Å². The zero-order valence-electron chi connectivity index (χ0n) is 14.2. The van der Waals surface area contributed by atoms with Crippen molar-refractivity contribution in [3.8, 4) is 0 Å². The van der Waals surface area contributed by atoms with Gasteiger partial charge in [-0.25, -0.2) is 8.42 Å². The molecular weight excluding hydrogens is 413 g/mol. The molecule has 5 nitrogen and oxygen atoms in total. The van der Waals surface area contributed by atoms with Crippen LogP contribution in [0.2, 0.25) is 0 Å². The minimum Gasteiger partial charge on any atom is -0.357 e. The summed E-state index contributed by atoms with van der Waals surface area (Å²) >= 11 is 0. The fourth-order valence-electron chi connectivity index (χ4n) is 2.81. The molecule has 0 unspecified atom stereocenters. The van der Waals surface area contributed by atoms with Gasteiger partial charge in [-0.15, -0.1) is 24.0 Å². The van der Waals surface area contributed by atoms with Crippen molar-refractivity contribution in [2.24, 2.45) is 10.4 Å². The van der Waals surface area contributed by atoms with Crippen molar-refractivity contribution in [1.29, 1.82) is 0 Å². The van der Waals surface area contributed by atoms with Gasteiger partial charge in [0.25, 0.3) is 0 Å². The molecule has 1 aliphatic carbocycles. The minimum atomic E-state index is -2.92. The first-order valence-corrected chi connectivity index (χ1v) is 10.0. The zero-order chi connectivity index (χ0) is 15.8. The molecule has 0 aliphatic heterocycles. The molecule has 0 bridgehead atoms. The lowest BCUT2D eigenvalue weighted by atomic mass is 9.84. The highest BCUT2D eigenvalue weighted by Gasteiger charge is 2.31. The monoisotopic (exact) mass is 445 g/mol. The second-order valence-corrected chi connectivity index (χ2v) is 8.39. The fourth-order valence-corrected chi connectivity index (χ4v) is 3.51. The van der Waals surface area contributed by atoms with Crippen molar-refractivity contribution in [1.82, 2.24) is 10.6 Å². The van der Waals surface area contributed by atoms with E-state index in [9.17, 15) is 8.42 Å². The maximum Gasteiger partial charge on any atom is 0.191 e. The molecule has 0 saturated heterocycles. The van der Waals surface area contributed by atoms with Crippen molar-refractivity contribution in [2.45, 2.75) is 52.9 Å². The number of sulfone groups is 1. The second-order valence-electron chi connectivity index (χ2n) is 5.92. The van der Waals surface area contributed by atoms with Gasteiger partial charge < -0.3 is 10.6 Å². The summed E-state index contributed by atoms with van der Waals surface area (Å²) < 4.78 is 23.0. The van der Waals surface area contributed by atoms with Crippen molar-refractivity contribution < 1.29 is 8.42 Å². The molecule has 7 heteroatoms. The molecule has 0 amide bonds. The molecule has 1 aliphatic rings. The topological polar surface area (TPSA) is 70.6 Å². The molecule has 1 rings (SSSR count). The van der Waals surface area contributed by atoms with Crippen LogP contribution in [0.25, 0.3) is 0 Å². The van der Waals surface area contributed by atoms with E-state index in [1.165, 1.54) is 32.1 Å². The van der Waals surface area contributed by atoms with Gasteiger partial charge in [-0.1, -0.05) is 26.7 Å². The van der Waals surface area contributed by atoms with Crippen molar-refractivity contribution in [3.63, 3.8) is 0 Å². The summed E-state index contributed by atoms with van der Waals surface area (Å²) in [4.78, 5) is 4.68. The Morgan fingerprint density at radius 1 is 1.14 bits per heavy atom. The van der Waals surface area contributed by atoms with Crippen LogP contribution in [-0.2, 0) is 9.84 Å². The number of halogens is 1. The molecular formula is C15H32IN3O2S. The van der Waals surface area contributed by atoms with Crippen LogP contribution >= 0.6 is 24.0 Å². The smallest absolute Gasteiger partial charge is 0.191 e. The summed E-state index contributed by atoms with van der Waals surface area (Å²) in [5.74, 6) is 1.09. The van der Waals surface area contributed by atoms with E-state index in [0.29, 0.717) is 12.0 Å². The Labute approximate surface area is 153 Å². The van der Waals surface area contributed by atoms with Crippen LogP contribution < -0.4 is 10.6 Å². The second kappa shape index (κ2) is 10.7. The van der Waals surface area contributed by atoms with Crippen LogP contribution in [0.1, 0.15) is 52.9 Å². The molecule has 0 aromatic rings. The third-order valence-corrected chi connectivity index (χ3v) is 6.18. The lowest BCUT2D eigenvalue weighted by molar-refractivity contribution is 0.297. The normalized spacial score (nSPS) is 17.9. The lowest BCUT2D eigenvalue weighted by Crippen LogP contribution is -2.40. The Balaban J connectivity index is 0.00000441. The molecule has 1 saturated carbocycles. The highest BCUT2D eigenvalue weighted by Crippen LogP contribution is 2.41. The Hall–Kier alpha value is -0.0500. The van der Waals surface area contributed by atoms with E-state index in [4.69, 9.17) is 0 Å². The average molecular weight is 445 g/mol. The van der Waals surface area contributed by atoms with E-state index in [1.54, 1.807) is 6.92 Å². The SMILES string of the molecule is CCNC(=NCC1(CC)CCCC1)NCCS(=O)(=O)CC.I. The number of rotatable bonds is 8. The average Bonchev–Trinajstić information content (AvgIpc) is 2.94. The minimum absolute atomic E-state index is 0. The summed E-state index contributed by atoms with van der Waals surface area (Å²) in [5.41, 5.74) is 0.359. The molecule has 0 heterocycles. The fraction of sp³-hybridized carbons (Fsp3) is 0.933. The number of guanidine groups is 1. The van der Waals surface area contributed by atoms with Crippen LogP contribution in [0, 0.1) is 5.41 Å². The molecule has 0 aromatic heterocycles. The maximum atomic E-state index is 11.5. The van der Waals surface area contributed by atoms with E-state index in [-0.39, 0.29) is 35.5 Å². The Morgan fingerprint density at radius 2 is 1.77 bits per heavy atom. The molecule has 0 spiro atoms. The van der Waals surface area contributed by atoms with E-state index in [2.05, 4.69) is 22.5 Å². The summed E-state index contributed by atoms with van der Waals surface area (Å²) in [7, 11) is -2.92. The molecule has 1 fully saturated rings.